The number of nitrogens with zero attached hydrogens (tertiary/aromatic N) is 1. The van der Waals surface area contributed by atoms with Crippen molar-refractivity contribution < 1.29 is 13.9 Å². The van der Waals surface area contributed by atoms with E-state index in [0.29, 0.717) is 12.5 Å². The molecular weight excluding hydrogens is 316 g/mol. The zero-order valence-electron chi connectivity index (χ0n) is 14.7. The first-order chi connectivity index (χ1) is 12.2. The van der Waals surface area contributed by atoms with E-state index < -0.39 is 0 Å². The van der Waals surface area contributed by atoms with Gasteiger partial charge in [-0.1, -0.05) is 12.1 Å². The number of likely N-dealkylation sites (tertiary alicyclic amines) is 1. The highest BCUT2D eigenvalue weighted by Crippen LogP contribution is 2.23. The average Bonchev–Trinajstić information content (AvgIpc) is 3.18. The second kappa shape index (κ2) is 8.60. The van der Waals surface area contributed by atoms with Crippen molar-refractivity contribution in [2.75, 3.05) is 20.2 Å². The number of carbonyl (C=O) groups is 1. The Balaban J connectivity index is 1.46. The minimum absolute atomic E-state index is 0.00230. The van der Waals surface area contributed by atoms with E-state index in [1.807, 2.05) is 29.2 Å². The second-order valence-corrected chi connectivity index (χ2v) is 6.58. The fraction of sp³-hybridized carbons (Fsp3) is 0.450. The number of rotatable bonds is 6. The highest BCUT2D eigenvalue weighted by molar-refractivity contribution is 5.74. The lowest BCUT2D eigenvalue weighted by molar-refractivity contribution is 0.161. The van der Waals surface area contributed by atoms with Gasteiger partial charge >= 0.3 is 6.03 Å². The third kappa shape index (κ3) is 5.02. The lowest BCUT2D eigenvalue weighted by Crippen LogP contribution is -2.45. The van der Waals surface area contributed by atoms with Gasteiger partial charge in [-0.05, 0) is 61.4 Å². The van der Waals surface area contributed by atoms with Crippen LogP contribution in [0.1, 0.15) is 30.6 Å². The summed E-state index contributed by atoms with van der Waals surface area (Å²) in [6.07, 6.45) is 5.98. The van der Waals surface area contributed by atoms with Crippen LogP contribution in [0.3, 0.4) is 0 Å². The first kappa shape index (κ1) is 17.4. The molecule has 3 rings (SSSR count). The SMILES string of the molecule is COc1cccc(CC[C@@H]2CCCN(C(=O)NCc3ccco3)C2)c1. The molecule has 5 nitrogen and oxygen atoms in total. The molecule has 1 fully saturated rings. The van der Waals surface area contributed by atoms with E-state index in [1.54, 1.807) is 13.4 Å². The van der Waals surface area contributed by atoms with E-state index in [2.05, 4.69) is 17.4 Å². The molecule has 2 heterocycles. The molecule has 1 atom stereocenters. The molecule has 0 spiro atoms. The topological polar surface area (TPSA) is 54.7 Å². The van der Waals surface area contributed by atoms with Gasteiger partial charge in [-0.2, -0.15) is 0 Å². The third-order valence-corrected chi connectivity index (χ3v) is 4.78. The fourth-order valence-corrected chi connectivity index (χ4v) is 3.37. The molecule has 0 bridgehead atoms. The van der Waals surface area contributed by atoms with E-state index in [1.165, 1.54) is 12.0 Å². The summed E-state index contributed by atoms with van der Waals surface area (Å²) in [6, 6.07) is 11.9. The maximum Gasteiger partial charge on any atom is 0.317 e. The maximum atomic E-state index is 12.4. The molecule has 1 aromatic carbocycles. The van der Waals surface area contributed by atoms with Crippen molar-refractivity contribution >= 4 is 6.03 Å². The largest absolute Gasteiger partial charge is 0.497 e. The Morgan fingerprint density at radius 1 is 1.36 bits per heavy atom. The number of piperidine rings is 1. The van der Waals surface area contributed by atoms with Crippen molar-refractivity contribution in [2.24, 2.45) is 5.92 Å². The van der Waals surface area contributed by atoms with Crippen molar-refractivity contribution in [1.29, 1.82) is 0 Å². The predicted octanol–water partition coefficient (Wildman–Crippen LogP) is 3.84. The van der Waals surface area contributed by atoms with Crippen LogP contribution < -0.4 is 10.1 Å². The normalized spacial score (nSPS) is 17.3. The Morgan fingerprint density at radius 3 is 3.08 bits per heavy atom. The van der Waals surface area contributed by atoms with E-state index in [4.69, 9.17) is 9.15 Å². The molecule has 0 unspecified atom stereocenters. The molecular formula is C20H26N2O3. The summed E-state index contributed by atoms with van der Waals surface area (Å²) in [5.41, 5.74) is 1.29. The van der Waals surface area contributed by atoms with Crippen LogP contribution >= 0.6 is 0 Å². The van der Waals surface area contributed by atoms with E-state index in [0.717, 1.165) is 43.9 Å². The number of hydrogen-bond donors (Lipinski definition) is 1. The van der Waals surface area contributed by atoms with Gasteiger partial charge < -0.3 is 19.4 Å². The quantitative estimate of drug-likeness (QED) is 0.868. The zero-order valence-corrected chi connectivity index (χ0v) is 14.7. The molecule has 5 heteroatoms. The molecule has 2 aromatic rings. The third-order valence-electron chi connectivity index (χ3n) is 4.78. The number of methoxy groups -OCH3 is 1. The van der Waals surface area contributed by atoms with Crippen LogP contribution in [-0.4, -0.2) is 31.1 Å². The van der Waals surface area contributed by atoms with Crippen LogP contribution in [0.4, 0.5) is 4.79 Å². The van der Waals surface area contributed by atoms with Crippen molar-refractivity contribution in [3.8, 4) is 5.75 Å². The maximum absolute atomic E-state index is 12.4. The van der Waals surface area contributed by atoms with Gasteiger partial charge in [0.15, 0.2) is 0 Å². The highest BCUT2D eigenvalue weighted by atomic mass is 16.5. The lowest BCUT2D eigenvalue weighted by Gasteiger charge is -2.32. The van der Waals surface area contributed by atoms with Gasteiger partial charge in [0.2, 0.25) is 0 Å². The Labute approximate surface area is 149 Å². The predicted molar refractivity (Wildman–Crippen MR) is 96.6 cm³/mol. The number of benzene rings is 1. The van der Waals surface area contributed by atoms with Gasteiger partial charge in [-0.25, -0.2) is 4.79 Å². The summed E-state index contributed by atoms with van der Waals surface area (Å²) in [7, 11) is 1.69. The van der Waals surface area contributed by atoms with Crippen molar-refractivity contribution in [3.63, 3.8) is 0 Å². The van der Waals surface area contributed by atoms with Crippen LogP contribution in [0.15, 0.2) is 47.1 Å². The van der Waals surface area contributed by atoms with Gasteiger partial charge in [0.05, 0.1) is 19.9 Å². The summed E-state index contributed by atoms with van der Waals surface area (Å²) in [4.78, 5) is 14.3. The zero-order chi connectivity index (χ0) is 17.5. The fourth-order valence-electron chi connectivity index (χ4n) is 3.37. The van der Waals surface area contributed by atoms with Crippen molar-refractivity contribution in [2.45, 2.75) is 32.2 Å². The van der Waals surface area contributed by atoms with Crippen LogP contribution in [-0.2, 0) is 13.0 Å². The number of aryl methyl sites for hydroxylation is 1. The van der Waals surface area contributed by atoms with Gasteiger partial charge in [-0.3, -0.25) is 0 Å². The number of furan rings is 1. The lowest BCUT2D eigenvalue weighted by atomic mass is 9.92. The number of amides is 2. The molecule has 0 aliphatic carbocycles. The standard InChI is InChI=1S/C20H26N2O3/c1-24-18-7-2-5-16(13-18)9-10-17-6-3-11-22(15-17)20(23)21-14-19-8-4-12-25-19/h2,4-5,7-8,12-13,17H,3,6,9-11,14-15H2,1H3,(H,21,23)/t17-/m0/s1. The Hall–Kier alpha value is -2.43. The number of hydrogen-bond acceptors (Lipinski definition) is 3. The van der Waals surface area contributed by atoms with Gasteiger partial charge in [0, 0.05) is 13.1 Å². The van der Waals surface area contributed by atoms with Crippen LogP contribution in [0.25, 0.3) is 0 Å². The summed E-state index contributed by atoms with van der Waals surface area (Å²) >= 11 is 0. The molecule has 1 N–H and O–H groups in total. The number of carbonyl (C=O) groups excluding carboxylic acids is 1. The molecule has 2 amide bonds. The molecule has 0 radical (unpaired) electrons. The summed E-state index contributed by atoms with van der Waals surface area (Å²) < 4.78 is 10.5. The second-order valence-electron chi connectivity index (χ2n) is 6.58. The Bertz CT molecular complexity index is 669. The van der Waals surface area contributed by atoms with Crippen molar-refractivity contribution in [1.82, 2.24) is 10.2 Å². The van der Waals surface area contributed by atoms with E-state index in [-0.39, 0.29) is 6.03 Å². The van der Waals surface area contributed by atoms with Crippen molar-refractivity contribution in [3.05, 3.63) is 54.0 Å². The molecule has 1 aliphatic heterocycles. The van der Waals surface area contributed by atoms with Gasteiger partial charge in [0.25, 0.3) is 0 Å². The van der Waals surface area contributed by atoms with E-state index >= 15 is 0 Å². The number of urea groups is 1. The van der Waals surface area contributed by atoms with Crippen LogP contribution in [0.2, 0.25) is 0 Å². The first-order valence-corrected chi connectivity index (χ1v) is 8.92. The van der Waals surface area contributed by atoms with Crippen LogP contribution in [0, 0.1) is 5.92 Å². The monoisotopic (exact) mass is 342 g/mol. The van der Waals surface area contributed by atoms with Gasteiger partial charge in [-0.15, -0.1) is 0 Å². The number of ether oxygens (including phenoxy) is 1. The summed E-state index contributed by atoms with van der Waals surface area (Å²) in [5.74, 6) is 2.23. The average molecular weight is 342 g/mol. The Kier molecular flexibility index (Phi) is 5.99. The Morgan fingerprint density at radius 2 is 2.28 bits per heavy atom. The highest BCUT2D eigenvalue weighted by Gasteiger charge is 2.23. The van der Waals surface area contributed by atoms with E-state index in [9.17, 15) is 4.79 Å². The minimum Gasteiger partial charge on any atom is -0.497 e. The molecule has 134 valence electrons. The molecule has 1 aromatic heterocycles. The molecule has 1 aliphatic rings. The smallest absolute Gasteiger partial charge is 0.317 e. The van der Waals surface area contributed by atoms with Crippen LogP contribution in [0.5, 0.6) is 5.75 Å². The molecule has 25 heavy (non-hydrogen) atoms. The minimum atomic E-state index is 0.00230. The summed E-state index contributed by atoms with van der Waals surface area (Å²) in [5, 5.41) is 2.94. The molecule has 1 saturated heterocycles. The van der Waals surface area contributed by atoms with Gasteiger partial charge in [0.1, 0.15) is 11.5 Å². The number of nitrogens with one attached hydrogen (secondary N) is 1. The summed E-state index contributed by atoms with van der Waals surface area (Å²) in [6.45, 7) is 2.10. The first-order valence-electron chi connectivity index (χ1n) is 8.92. The molecule has 0 saturated carbocycles.